The van der Waals surface area contributed by atoms with Gasteiger partial charge in [-0.2, -0.15) is 0 Å². The number of nitrogens with one attached hydrogen (secondary N) is 7. The van der Waals surface area contributed by atoms with E-state index in [4.69, 9.17) is 47.6 Å². The fraction of sp³-hybridized carbons (Fsp3) is 0.396. The third kappa shape index (κ3) is 18.2. The Labute approximate surface area is 446 Å². The molecule has 24 nitrogen and oxygen atoms in total. The lowest BCUT2D eigenvalue weighted by Crippen LogP contribution is -2.44. The number of anilines is 4. The molecule has 17 N–H and O–H groups in total. The average Bonchev–Trinajstić information content (AvgIpc) is 3.41. The highest BCUT2D eigenvalue weighted by Gasteiger charge is 2.28. The second-order valence-electron chi connectivity index (χ2n) is 17.7. The molecular formula is C53H72N12O12. The van der Waals surface area contributed by atoms with Crippen molar-refractivity contribution in [2.75, 3.05) is 69.3 Å². The molecule has 4 rings (SSSR count). The van der Waals surface area contributed by atoms with Crippen LogP contribution in [0.15, 0.2) is 72.8 Å². The number of hydrogen-bond donors (Lipinski definition) is 12. The van der Waals surface area contributed by atoms with E-state index in [-0.39, 0.29) is 87.3 Å². The first kappa shape index (κ1) is 61.2. The molecule has 0 aliphatic rings. The minimum atomic E-state index is -1.16. The molecule has 416 valence electrons. The molecule has 4 atom stereocenters. The maximum atomic E-state index is 14.2. The molecule has 0 heterocycles. The van der Waals surface area contributed by atoms with E-state index >= 15 is 0 Å². The number of ether oxygens (including phenoxy) is 4. The molecule has 0 saturated heterocycles. The van der Waals surface area contributed by atoms with Crippen LogP contribution < -0.4 is 84.8 Å². The van der Waals surface area contributed by atoms with Crippen molar-refractivity contribution in [3.8, 4) is 23.0 Å². The van der Waals surface area contributed by atoms with Crippen molar-refractivity contribution in [1.29, 1.82) is 0 Å². The van der Waals surface area contributed by atoms with Crippen molar-refractivity contribution in [3.05, 3.63) is 95.1 Å². The summed E-state index contributed by atoms with van der Waals surface area (Å²) in [6.07, 6.45) is 3.52. The van der Waals surface area contributed by atoms with Gasteiger partial charge in [-0.3, -0.25) is 38.4 Å². The van der Waals surface area contributed by atoms with Crippen LogP contribution in [0.25, 0.3) is 0 Å². The van der Waals surface area contributed by atoms with Gasteiger partial charge in [-0.25, -0.2) is 0 Å². The van der Waals surface area contributed by atoms with Crippen LogP contribution in [0.3, 0.4) is 0 Å². The van der Waals surface area contributed by atoms with Crippen molar-refractivity contribution < 1.29 is 57.3 Å². The fourth-order valence-corrected chi connectivity index (χ4v) is 7.80. The Balaban J connectivity index is 1.56. The first-order chi connectivity index (χ1) is 36.9. The van der Waals surface area contributed by atoms with Gasteiger partial charge in [0, 0.05) is 22.7 Å². The molecule has 0 radical (unpaired) electrons. The quantitative estimate of drug-likeness (QED) is 0.0322. The lowest BCUT2D eigenvalue weighted by molar-refractivity contribution is -0.118. The number of amides is 8. The highest BCUT2D eigenvalue weighted by molar-refractivity contribution is 6.07. The minimum Gasteiger partial charge on any atom is -0.496 e. The number of hydrogen-bond acceptors (Lipinski definition) is 16. The van der Waals surface area contributed by atoms with Gasteiger partial charge in [0.25, 0.3) is 23.6 Å². The van der Waals surface area contributed by atoms with Crippen LogP contribution in [0.5, 0.6) is 23.0 Å². The molecular weight excluding hydrogens is 997 g/mol. The van der Waals surface area contributed by atoms with Crippen LogP contribution >= 0.6 is 0 Å². The predicted molar refractivity (Wildman–Crippen MR) is 291 cm³/mol. The number of primary amides is 1. The van der Waals surface area contributed by atoms with Gasteiger partial charge in [-0.15, -0.1) is 0 Å². The Hall–Kier alpha value is -8.32. The minimum absolute atomic E-state index is 0.0344. The van der Waals surface area contributed by atoms with E-state index in [1.165, 1.54) is 102 Å². The molecule has 0 bridgehead atoms. The Morgan fingerprint density at radius 2 is 0.675 bits per heavy atom. The summed E-state index contributed by atoms with van der Waals surface area (Å²) >= 11 is 0. The van der Waals surface area contributed by atoms with Crippen molar-refractivity contribution in [2.24, 2.45) is 28.7 Å². The Kier molecular flexibility index (Phi) is 24.6. The molecule has 0 aliphatic heterocycles. The Morgan fingerprint density at radius 1 is 0.416 bits per heavy atom. The monoisotopic (exact) mass is 1070 g/mol. The zero-order chi connectivity index (χ0) is 56.6. The zero-order valence-electron chi connectivity index (χ0n) is 44.0. The normalized spacial score (nSPS) is 12.3. The second kappa shape index (κ2) is 30.9. The molecule has 0 spiro atoms. The van der Waals surface area contributed by atoms with Gasteiger partial charge in [0.05, 0.1) is 56.7 Å². The lowest BCUT2D eigenvalue weighted by Gasteiger charge is -2.22. The summed E-state index contributed by atoms with van der Waals surface area (Å²) in [5.74, 6) is -4.65. The summed E-state index contributed by atoms with van der Waals surface area (Å²) in [7, 11) is 5.43. The molecule has 77 heavy (non-hydrogen) atoms. The lowest BCUT2D eigenvalue weighted by atomic mass is 10.1. The predicted octanol–water partition coefficient (Wildman–Crippen LogP) is 2.70. The number of carbonyl (C=O) groups is 8. The maximum absolute atomic E-state index is 14.2. The number of unbranched alkanes of at least 4 members (excludes halogenated alkanes) is 3. The zero-order valence-corrected chi connectivity index (χ0v) is 44.0. The SMILES string of the molecule is COc1ccc(NC(=O)C(CCCCN)NC(=O)c2cc(NC(=O)C(CCCCN)NC(=O)c3cc(NC(=O)C(CCCCN)NC(=O)c4cc(NC(=O)C(C)N)ccc4OC)ccc3OC)ccc2OC)cc1C(N)=O. The summed E-state index contributed by atoms with van der Waals surface area (Å²) in [6, 6.07) is 13.2. The summed E-state index contributed by atoms with van der Waals surface area (Å²) in [6.45, 7) is 2.51. The average molecular weight is 1070 g/mol. The van der Waals surface area contributed by atoms with E-state index in [0.29, 0.717) is 58.2 Å². The van der Waals surface area contributed by atoms with Gasteiger partial charge in [0.1, 0.15) is 41.1 Å². The molecule has 0 fully saturated rings. The van der Waals surface area contributed by atoms with Gasteiger partial charge >= 0.3 is 0 Å². The summed E-state index contributed by atoms with van der Waals surface area (Å²) in [4.78, 5) is 108. The second-order valence-corrected chi connectivity index (χ2v) is 17.7. The van der Waals surface area contributed by atoms with E-state index in [0.717, 1.165) is 0 Å². The van der Waals surface area contributed by atoms with Gasteiger partial charge in [-0.05, 0) is 157 Å². The van der Waals surface area contributed by atoms with E-state index in [9.17, 15) is 38.4 Å². The topological polar surface area (TPSA) is 388 Å². The molecule has 4 aromatic carbocycles. The van der Waals surface area contributed by atoms with E-state index in [1.807, 2.05) is 0 Å². The summed E-state index contributed by atoms with van der Waals surface area (Å²) in [5, 5.41) is 19.2. The Morgan fingerprint density at radius 3 is 0.922 bits per heavy atom. The van der Waals surface area contributed by atoms with Gasteiger partial charge in [-0.1, -0.05) is 0 Å². The van der Waals surface area contributed by atoms with Crippen LogP contribution in [-0.4, -0.2) is 119 Å². The molecule has 0 saturated carbocycles. The van der Waals surface area contributed by atoms with Gasteiger partial charge in [0.15, 0.2) is 0 Å². The van der Waals surface area contributed by atoms with Gasteiger partial charge in [0.2, 0.25) is 23.6 Å². The van der Waals surface area contributed by atoms with Crippen LogP contribution in [0.1, 0.15) is 106 Å². The number of methoxy groups -OCH3 is 4. The number of carbonyl (C=O) groups excluding carboxylic acids is 8. The molecule has 8 amide bonds. The number of nitrogens with two attached hydrogens (primary N) is 5. The highest BCUT2D eigenvalue weighted by atomic mass is 16.5. The third-order valence-electron chi connectivity index (χ3n) is 12.0. The molecule has 0 aliphatic carbocycles. The summed E-state index contributed by atoms with van der Waals surface area (Å²) in [5.41, 5.74) is 29.3. The highest BCUT2D eigenvalue weighted by Crippen LogP contribution is 2.28. The van der Waals surface area contributed by atoms with Crippen LogP contribution in [0.4, 0.5) is 22.7 Å². The van der Waals surface area contributed by atoms with E-state index in [1.54, 1.807) is 6.07 Å². The van der Waals surface area contributed by atoms with Crippen LogP contribution in [-0.2, 0) is 19.2 Å². The smallest absolute Gasteiger partial charge is 0.255 e. The fourth-order valence-electron chi connectivity index (χ4n) is 7.80. The summed E-state index contributed by atoms with van der Waals surface area (Å²) < 4.78 is 21.6. The van der Waals surface area contributed by atoms with Crippen molar-refractivity contribution in [2.45, 2.75) is 88.9 Å². The van der Waals surface area contributed by atoms with Crippen molar-refractivity contribution in [3.63, 3.8) is 0 Å². The first-order valence-electron chi connectivity index (χ1n) is 25.0. The largest absolute Gasteiger partial charge is 0.496 e. The van der Waals surface area contributed by atoms with Crippen molar-refractivity contribution >= 4 is 70.0 Å². The van der Waals surface area contributed by atoms with Gasteiger partial charge < -0.3 is 84.8 Å². The maximum Gasteiger partial charge on any atom is 0.255 e. The van der Waals surface area contributed by atoms with E-state index in [2.05, 4.69) is 37.2 Å². The number of benzene rings is 4. The third-order valence-corrected chi connectivity index (χ3v) is 12.0. The first-order valence-corrected chi connectivity index (χ1v) is 25.0. The standard InChI is InChI=1S/C53H72N12O12/c1-30(57)47(67)59-32-16-20-43(75-3)36(27-32)48(68)64-40(13-7-10-24-55)52(72)61-34-18-22-45(77-5)38(29-34)50(70)65-41(14-8-11-25-56)53(73)62-33-17-21-44(76-4)37(28-33)49(69)63-39(12-6-9-23-54)51(71)60-31-15-19-42(74-2)35(26-31)46(58)66/h15-22,26-30,39-41H,6-14,23-25,54-57H2,1-5H3,(H2,58,66)(H,59,67)(H,60,71)(H,61,72)(H,62,73)(H,63,69)(H,64,68)(H,65,70). The molecule has 0 aromatic heterocycles. The number of rotatable bonds is 31. The molecule has 24 heteroatoms. The van der Waals surface area contributed by atoms with E-state index < -0.39 is 71.4 Å². The van der Waals surface area contributed by atoms with Crippen LogP contribution in [0.2, 0.25) is 0 Å². The molecule has 4 aromatic rings. The van der Waals surface area contributed by atoms with Crippen LogP contribution in [0, 0.1) is 0 Å². The van der Waals surface area contributed by atoms with Crippen molar-refractivity contribution in [1.82, 2.24) is 16.0 Å². The Bertz CT molecular complexity index is 2720. The molecule has 4 unspecified atom stereocenters.